The predicted molar refractivity (Wildman–Crippen MR) is 111 cm³/mol. The van der Waals surface area contributed by atoms with Gasteiger partial charge in [0.05, 0.1) is 0 Å². The lowest BCUT2D eigenvalue weighted by Crippen LogP contribution is -2.20. The number of hydrogen-bond acceptors (Lipinski definition) is 3. The summed E-state index contributed by atoms with van der Waals surface area (Å²) in [6.07, 6.45) is 0. The second kappa shape index (κ2) is 10.1. The third kappa shape index (κ3) is 6.24. The molecule has 0 saturated heterocycles. The Balaban J connectivity index is 0.00000261. The molecule has 0 aliphatic rings. The summed E-state index contributed by atoms with van der Waals surface area (Å²) in [5, 5.41) is 10.2. The summed E-state index contributed by atoms with van der Waals surface area (Å²) in [7, 11) is 0. The van der Waals surface area contributed by atoms with Crippen molar-refractivity contribution in [3.05, 3.63) is 90.0 Å². The Morgan fingerprint density at radius 1 is 0.778 bits per heavy atom. The SMILES string of the molecule is Cl.N=C(N)Nc1ccc(OCc2ccccc2)c(OCc2ccccc2)c1. The van der Waals surface area contributed by atoms with E-state index in [1.165, 1.54) is 0 Å². The Morgan fingerprint density at radius 3 is 1.81 bits per heavy atom. The minimum absolute atomic E-state index is 0. The third-order valence-electron chi connectivity index (χ3n) is 3.70. The van der Waals surface area contributed by atoms with E-state index in [0.29, 0.717) is 30.4 Å². The number of anilines is 1. The molecule has 6 heteroatoms. The summed E-state index contributed by atoms with van der Waals surface area (Å²) in [6.45, 7) is 0.869. The van der Waals surface area contributed by atoms with Crippen LogP contribution in [0.5, 0.6) is 11.5 Å². The molecule has 4 N–H and O–H groups in total. The van der Waals surface area contributed by atoms with Gasteiger partial charge in [0, 0.05) is 11.8 Å². The molecule has 3 aromatic rings. The lowest BCUT2D eigenvalue weighted by atomic mass is 10.2. The molecule has 0 bridgehead atoms. The van der Waals surface area contributed by atoms with E-state index < -0.39 is 0 Å². The van der Waals surface area contributed by atoms with Gasteiger partial charge < -0.3 is 20.5 Å². The highest BCUT2D eigenvalue weighted by molar-refractivity contribution is 5.90. The number of rotatable bonds is 7. The number of nitrogens with two attached hydrogens (primary N) is 1. The van der Waals surface area contributed by atoms with E-state index in [-0.39, 0.29) is 18.4 Å². The Hall–Kier alpha value is -3.18. The molecule has 0 heterocycles. The fraction of sp³-hybridized carbons (Fsp3) is 0.0952. The fourth-order valence-corrected chi connectivity index (χ4v) is 2.44. The first-order valence-corrected chi connectivity index (χ1v) is 8.29. The van der Waals surface area contributed by atoms with Crippen LogP contribution in [0.15, 0.2) is 78.9 Å². The van der Waals surface area contributed by atoms with Gasteiger partial charge in [-0.1, -0.05) is 60.7 Å². The molecule has 3 rings (SSSR count). The Kier molecular flexibility index (Phi) is 7.52. The smallest absolute Gasteiger partial charge is 0.190 e. The minimum Gasteiger partial charge on any atom is -0.485 e. The van der Waals surface area contributed by atoms with E-state index in [1.807, 2.05) is 66.7 Å². The summed E-state index contributed by atoms with van der Waals surface area (Å²) in [4.78, 5) is 0. The maximum atomic E-state index is 7.38. The first-order valence-electron chi connectivity index (χ1n) is 8.29. The molecule has 27 heavy (non-hydrogen) atoms. The van der Waals surface area contributed by atoms with Crippen molar-refractivity contribution in [2.24, 2.45) is 5.73 Å². The van der Waals surface area contributed by atoms with E-state index >= 15 is 0 Å². The second-order valence-corrected chi connectivity index (χ2v) is 5.75. The van der Waals surface area contributed by atoms with Crippen LogP contribution in [0.4, 0.5) is 5.69 Å². The number of hydrogen-bond donors (Lipinski definition) is 3. The monoisotopic (exact) mass is 383 g/mol. The van der Waals surface area contributed by atoms with E-state index in [1.54, 1.807) is 12.1 Å². The van der Waals surface area contributed by atoms with Crippen molar-refractivity contribution in [2.75, 3.05) is 5.32 Å². The summed E-state index contributed by atoms with van der Waals surface area (Å²) < 4.78 is 11.9. The standard InChI is InChI=1S/C21H21N3O2.ClH/c22-21(23)24-18-11-12-19(25-14-16-7-3-1-4-8-16)20(13-18)26-15-17-9-5-2-6-10-17;/h1-13H,14-15H2,(H4,22,23,24);1H. The molecule has 3 aromatic carbocycles. The van der Waals surface area contributed by atoms with Crippen molar-refractivity contribution in [3.8, 4) is 11.5 Å². The van der Waals surface area contributed by atoms with Crippen molar-refractivity contribution in [1.82, 2.24) is 0 Å². The topological polar surface area (TPSA) is 80.4 Å². The zero-order valence-electron chi connectivity index (χ0n) is 14.7. The molecule has 0 radical (unpaired) electrons. The van der Waals surface area contributed by atoms with Crippen LogP contribution >= 0.6 is 12.4 Å². The van der Waals surface area contributed by atoms with Gasteiger partial charge in [-0.25, -0.2) is 0 Å². The number of benzene rings is 3. The molecular weight excluding hydrogens is 362 g/mol. The van der Waals surface area contributed by atoms with Crippen molar-refractivity contribution in [3.63, 3.8) is 0 Å². The lowest BCUT2D eigenvalue weighted by molar-refractivity contribution is 0.256. The van der Waals surface area contributed by atoms with Gasteiger partial charge in [0.1, 0.15) is 13.2 Å². The van der Waals surface area contributed by atoms with Gasteiger partial charge in [0.25, 0.3) is 0 Å². The van der Waals surface area contributed by atoms with Gasteiger partial charge in [-0.15, -0.1) is 12.4 Å². The molecule has 140 valence electrons. The van der Waals surface area contributed by atoms with Crippen LogP contribution < -0.4 is 20.5 Å². The number of ether oxygens (including phenoxy) is 2. The first kappa shape index (κ1) is 20.1. The van der Waals surface area contributed by atoms with E-state index in [0.717, 1.165) is 11.1 Å². The Bertz CT molecular complexity index is 858. The fourth-order valence-electron chi connectivity index (χ4n) is 2.44. The average molecular weight is 384 g/mol. The Labute approximate surface area is 165 Å². The van der Waals surface area contributed by atoms with Crippen molar-refractivity contribution < 1.29 is 9.47 Å². The first-order chi connectivity index (χ1) is 12.7. The average Bonchev–Trinajstić information content (AvgIpc) is 2.67. The van der Waals surface area contributed by atoms with Crippen molar-refractivity contribution in [1.29, 1.82) is 5.41 Å². The van der Waals surface area contributed by atoms with E-state index in [9.17, 15) is 0 Å². The normalized spacial score (nSPS) is 9.78. The van der Waals surface area contributed by atoms with E-state index in [2.05, 4.69) is 5.32 Å². The van der Waals surface area contributed by atoms with Crippen LogP contribution in [-0.2, 0) is 13.2 Å². The summed E-state index contributed by atoms with van der Waals surface area (Å²) in [5.74, 6) is 1.10. The highest BCUT2D eigenvalue weighted by atomic mass is 35.5. The van der Waals surface area contributed by atoms with Gasteiger partial charge in [0.2, 0.25) is 0 Å². The van der Waals surface area contributed by atoms with Crippen LogP contribution in [0.1, 0.15) is 11.1 Å². The van der Waals surface area contributed by atoms with Gasteiger partial charge >= 0.3 is 0 Å². The summed E-state index contributed by atoms with van der Waals surface area (Å²) >= 11 is 0. The van der Waals surface area contributed by atoms with Crippen LogP contribution in [0.25, 0.3) is 0 Å². The number of nitrogens with one attached hydrogen (secondary N) is 2. The quantitative estimate of drug-likeness (QED) is 0.412. The van der Waals surface area contributed by atoms with Crippen LogP contribution in [-0.4, -0.2) is 5.96 Å². The lowest BCUT2D eigenvalue weighted by Gasteiger charge is -2.15. The molecule has 0 aliphatic heterocycles. The summed E-state index contributed by atoms with van der Waals surface area (Å²) in [6, 6.07) is 25.3. The largest absolute Gasteiger partial charge is 0.485 e. The highest BCUT2D eigenvalue weighted by Gasteiger charge is 2.08. The van der Waals surface area contributed by atoms with Gasteiger partial charge in [-0.05, 0) is 23.3 Å². The molecule has 0 amide bonds. The highest BCUT2D eigenvalue weighted by Crippen LogP contribution is 2.32. The number of halogens is 1. The van der Waals surface area contributed by atoms with Gasteiger partial charge in [-0.2, -0.15) is 0 Å². The molecule has 0 unspecified atom stereocenters. The molecule has 0 saturated carbocycles. The maximum Gasteiger partial charge on any atom is 0.190 e. The molecular formula is C21H22ClN3O2. The van der Waals surface area contributed by atoms with E-state index in [4.69, 9.17) is 20.6 Å². The summed E-state index contributed by atoms with van der Waals surface area (Å²) in [5.41, 5.74) is 8.22. The van der Waals surface area contributed by atoms with Crippen molar-refractivity contribution >= 4 is 24.1 Å². The zero-order valence-corrected chi connectivity index (χ0v) is 15.5. The molecule has 5 nitrogen and oxygen atoms in total. The maximum absolute atomic E-state index is 7.38. The minimum atomic E-state index is -0.128. The van der Waals surface area contributed by atoms with Crippen LogP contribution in [0.3, 0.4) is 0 Å². The third-order valence-corrected chi connectivity index (χ3v) is 3.70. The van der Waals surface area contributed by atoms with Gasteiger partial charge in [0.15, 0.2) is 17.5 Å². The van der Waals surface area contributed by atoms with Crippen molar-refractivity contribution in [2.45, 2.75) is 13.2 Å². The Morgan fingerprint density at radius 2 is 1.30 bits per heavy atom. The van der Waals surface area contributed by atoms with Crippen LogP contribution in [0.2, 0.25) is 0 Å². The second-order valence-electron chi connectivity index (χ2n) is 5.75. The van der Waals surface area contributed by atoms with Crippen LogP contribution in [0, 0.1) is 5.41 Å². The molecule has 0 atom stereocenters. The van der Waals surface area contributed by atoms with Gasteiger partial charge in [-0.3, -0.25) is 5.41 Å². The molecule has 0 aromatic heterocycles. The zero-order chi connectivity index (χ0) is 18.2. The number of guanidine groups is 1. The molecule has 0 fully saturated rings. The predicted octanol–water partition coefficient (Wildman–Crippen LogP) is 4.57. The molecule has 0 spiro atoms. The molecule has 0 aliphatic carbocycles.